The molecule has 8 heteroatoms. The number of hydrogen-bond acceptors (Lipinski definition) is 5. The van der Waals surface area contributed by atoms with E-state index >= 15 is 0 Å². The Hall–Kier alpha value is -2.12. The van der Waals surface area contributed by atoms with Crippen LogP contribution in [-0.4, -0.2) is 38.6 Å². The fraction of sp³-hybridized carbons (Fsp3) is 0.556. The fourth-order valence-corrected chi connectivity index (χ4v) is 1.55. The molecule has 0 bridgehead atoms. The first-order chi connectivity index (χ1) is 7.97. The molecule has 0 saturated carbocycles. The maximum absolute atomic E-state index is 10.8. The van der Waals surface area contributed by atoms with Gasteiger partial charge in [0.25, 0.3) is 0 Å². The third-order valence-electron chi connectivity index (χ3n) is 2.34. The van der Waals surface area contributed by atoms with Crippen LogP contribution in [-0.2, 0) is 11.8 Å². The van der Waals surface area contributed by atoms with E-state index in [-0.39, 0.29) is 18.8 Å². The van der Waals surface area contributed by atoms with E-state index in [0.717, 1.165) is 0 Å². The smallest absolute Gasteiger partial charge is 0.406 e. The van der Waals surface area contributed by atoms with Gasteiger partial charge in [0.15, 0.2) is 0 Å². The highest BCUT2D eigenvalue weighted by Gasteiger charge is 2.24. The highest BCUT2D eigenvalue weighted by Crippen LogP contribution is 2.25. The lowest BCUT2D eigenvalue weighted by Crippen LogP contribution is -2.28. The van der Waals surface area contributed by atoms with Crippen LogP contribution in [0.25, 0.3) is 0 Å². The first-order valence-corrected chi connectivity index (χ1v) is 5.09. The number of imidazole rings is 1. The number of carboxylic acid groups (broad SMARTS) is 1. The molecule has 1 aromatic heterocycles. The van der Waals surface area contributed by atoms with E-state index in [4.69, 9.17) is 5.11 Å². The van der Waals surface area contributed by atoms with Crippen LogP contribution in [0.4, 0.5) is 11.6 Å². The van der Waals surface area contributed by atoms with Crippen LogP contribution in [0.2, 0.25) is 0 Å². The molecule has 1 heterocycles. The molecule has 0 unspecified atom stereocenters. The van der Waals surface area contributed by atoms with Gasteiger partial charge >= 0.3 is 11.8 Å². The third-order valence-corrected chi connectivity index (χ3v) is 2.34. The zero-order valence-electron chi connectivity index (χ0n) is 9.66. The molecule has 0 saturated heterocycles. The van der Waals surface area contributed by atoms with Crippen molar-refractivity contribution in [3.8, 4) is 0 Å². The second-order valence-corrected chi connectivity index (χ2v) is 3.48. The van der Waals surface area contributed by atoms with Crippen LogP contribution in [0.15, 0.2) is 6.33 Å². The van der Waals surface area contributed by atoms with Crippen molar-refractivity contribution in [2.75, 3.05) is 18.0 Å². The second-order valence-electron chi connectivity index (χ2n) is 3.48. The van der Waals surface area contributed by atoms with Gasteiger partial charge in [0, 0.05) is 20.1 Å². The summed E-state index contributed by atoms with van der Waals surface area (Å²) in [6.45, 7) is 2.50. The monoisotopic (exact) mass is 242 g/mol. The van der Waals surface area contributed by atoms with E-state index in [1.54, 1.807) is 18.9 Å². The van der Waals surface area contributed by atoms with Gasteiger partial charge in [0.2, 0.25) is 12.1 Å². The number of nitro groups is 1. The van der Waals surface area contributed by atoms with Gasteiger partial charge in [-0.1, -0.05) is 0 Å². The molecule has 1 rings (SSSR count). The van der Waals surface area contributed by atoms with Gasteiger partial charge in [0.1, 0.15) is 0 Å². The van der Waals surface area contributed by atoms with E-state index in [9.17, 15) is 14.9 Å². The molecular formula is C9H14N4O4. The molecule has 1 aromatic rings. The van der Waals surface area contributed by atoms with Gasteiger partial charge in [-0.3, -0.25) is 9.36 Å². The molecule has 0 amide bonds. The van der Waals surface area contributed by atoms with Crippen molar-refractivity contribution in [3.05, 3.63) is 16.4 Å². The molecule has 1 N–H and O–H groups in total. The molecule has 0 aliphatic heterocycles. The van der Waals surface area contributed by atoms with Crippen LogP contribution in [0, 0.1) is 10.1 Å². The predicted molar refractivity (Wildman–Crippen MR) is 60.0 cm³/mol. The minimum absolute atomic E-state index is 0.0732. The van der Waals surface area contributed by atoms with E-state index in [1.807, 2.05) is 0 Å². The molecule has 0 spiro atoms. The lowest BCUT2D eigenvalue weighted by atomic mass is 10.3. The molecule has 8 nitrogen and oxygen atoms in total. The first kappa shape index (κ1) is 12.9. The van der Waals surface area contributed by atoms with Gasteiger partial charge < -0.3 is 20.1 Å². The number of aromatic nitrogens is 2. The largest absolute Gasteiger partial charge is 0.481 e. The number of carboxylic acids is 1. The lowest BCUT2D eigenvalue weighted by molar-refractivity contribution is -0.388. The van der Waals surface area contributed by atoms with Crippen molar-refractivity contribution >= 4 is 17.6 Å². The van der Waals surface area contributed by atoms with E-state index in [0.29, 0.717) is 12.4 Å². The number of hydrogen-bond donors (Lipinski definition) is 1. The lowest BCUT2D eigenvalue weighted by Gasteiger charge is -2.20. The van der Waals surface area contributed by atoms with E-state index < -0.39 is 10.9 Å². The normalized spacial score (nSPS) is 10.2. The Morgan fingerprint density at radius 2 is 2.35 bits per heavy atom. The van der Waals surface area contributed by atoms with E-state index in [1.165, 1.54) is 10.9 Å². The zero-order valence-corrected chi connectivity index (χ0v) is 9.66. The average Bonchev–Trinajstić information content (AvgIpc) is 2.62. The molecule has 0 atom stereocenters. The maximum atomic E-state index is 10.8. The Labute approximate surface area is 97.6 Å². The summed E-state index contributed by atoms with van der Waals surface area (Å²) in [5.74, 6) is -0.855. The average molecular weight is 242 g/mol. The molecule has 0 fully saturated rings. The third kappa shape index (κ3) is 2.92. The number of carbonyl (C=O) groups is 1. The topological polar surface area (TPSA) is 102 Å². The number of aryl methyl sites for hydroxylation is 1. The fourth-order valence-electron chi connectivity index (χ4n) is 1.55. The predicted octanol–water partition coefficient (Wildman–Crippen LogP) is 0.629. The zero-order chi connectivity index (χ0) is 13.0. The Balaban J connectivity index is 2.98. The molecule has 0 aromatic carbocycles. The van der Waals surface area contributed by atoms with Gasteiger partial charge in [-0.15, -0.1) is 0 Å². The van der Waals surface area contributed by atoms with Crippen LogP contribution in [0.1, 0.15) is 13.3 Å². The van der Waals surface area contributed by atoms with Crippen LogP contribution >= 0.6 is 0 Å². The quantitative estimate of drug-likeness (QED) is 0.579. The van der Waals surface area contributed by atoms with Crippen molar-refractivity contribution in [2.24, 2.45) is 7.05 Å². The molecule has 17 heavy (non-hydrogen) atoms. The molecule has 94 valence electrons. The summed E-state index contributed by atoms with van der Waals surface area (Å²) in [6.07, 6.45) is 1.27. The van der Waals surface area contributed by atoms with Gasteiger partial charge in [0.05, 0.1) is 6.42 Å². The Morgan fingerprint density at radius 3 is 2.82 bits per heavy atom. The number of rotatable bonds is 6. The Bertz CT molecular complexity index is 429. The van der Waals surface area contributed by atoms with E-state index in [2.05, 4.69) is 4.98 Å². The minimum Gasteiger partial charge on any atom is -0.481 e. The minimum atomic E-state index is -0.937. The summed E-state index contributed by atoms with van der Waals surface area (Å²) in [5.41, 5.74) is 0. The van der Waals surface area contributed by atoms with Crippen molar-refractivity contribution in [2.45, 2.75) is 13.3 Å². The maximum Gasteiger partial charge on any atom is 0.406 e. The van der Waals surface area contributed by atoms with Crippen molar-refractivity contribution in [3.63, 3.8) is 0 Å². The van der Waals surface area contributed by atoms with Crippen molar-refractivity contribution in [1.29, 1.82) is 0 Å². The highest BCUT2D eigenvalue weighted by molar-refractivity contribution is 5.68. The first-order valence-electron chi connectivity index (χ1n) is 5.09. The van der Waals surface area contributed by atoms with Crippen molar-refractivity contribution in [1.82, 2.24) is 9.55 Å². The summed E-state index contributed by atoms with van der Waals surface area (Å²) < 4.78 is 1.52. The number of aliphatic carboxylic acids is 1. The summed E-state index contributed by atoms with van der Waals surface area (Å²) in [5, 5.41) is 19.4. The summed E-state index contributed by atoms with van der Waals surface area (Å²) in [4.78, 5) is 26.0. The van der Waals surface area contributed by atoms with Crippen molar-refractivity contribution < 1.29 is 14.8 Å². The summed E-state index contributed by atoms with van der Waals surface area (Å²) in [6, 6.07) is 0. The summed E-state index contributed by atoms with van der Waals surface area (Å²) in [7, 11) is 1.64. The number of nitrogens with zero attached hydrogens (tertiary/aromatic N) is 4. The molecular weight excluding hydrogens is 228 g/mol. The van der Waals surface area contributed by atoms with Gasteiger partial charge in [-0.25, -0.2) is 0 Å². The Morgan fingerprint density at radius 1 is 1.71 bits per heavy atom. The van der Waals surface area contributed by atoms with Gasteiger partial charge in [-0.2, -0.15) is 0 Å². The van der Waals surface area contributed by atoms with Crippen LogP contribution in [0.3, 0.4) is 0 Å². The van der Waals surface area contributed by atoms with Gasteiger partial charge in [-0.05, 0) is 16.8 Å². The highest BCUT2D eigenvalue weighted by atomic mass is 16.6. The number of anilines is 1. The SMILES string of the molecule is CCN(CCC(=O)O)c1c([N+](=O)[O-])ncn1C. The Kier molecular flexibility index (Phi) is 4.02. The molecule has 0 aliphatic carbocycles. The standard InChI is InChI=1S/C9H14N4O4/c1-3-12(5-4-7(14)15)9-8(13(16)17)10-6-11(9)2/h6H,3-5H2,1-2H3,(H,14,15). The second kappa shape index (κ2) is 5.28. The summed E-state index contributed by atoms with van der Waals surface area (Å²) >= 11 is 0. The molecule has 0 radical (unpaired) electrons. The molecule has 0 aliphatic rings. The van der Waals surface area contributed by atoms with Crippen LogP contribution in [0.5, 0.6) is 0 Å². The van der Waals surface area contributed by atoms with Crippen LogP contribution < -0.4 is 4.90 Å².